The summed E-state index contributed by atoms with van der Waals surface area (Å²) in [6.07, 6.45) is 7.45. The molecule has 0 radical (unpaired) electrons. The topological polar surface area (TPSA) is 90.2 Å². The van der Waals surface area contributed by atoms with Crippen LogP contribution in [0.5, 0.6) is 11.5 Å². The lowest BCUT2D eigenvalue weighted by Crippen LogP contribution is -2.26. The first-order valence-electron chi connectivity index (χ1n) is 9.84. The average Bonchev–Trinajstić information content (AvgIpc) is 2.80. The van der Waals surface area contributed by atoms with E-state index in [1.165, 1.54) is 0 Å². The first kappa shape index (κ1) is 19.8. The van der Waals surface area contributed by atoms with Crippen molar-refractivity contribution in [3.8, 4) is 28.8 Å². The standard InChI is InChI=1S/C23H22N4O3/c1-28-20-10-16(14-25-15-20)11-23-26-7-4-21(27-23)17-2-3-22(18(12-17)13-24)30-19-5-8-29-9-6-19/h2-4,7,10,12,14-15,19H,5-6,8-9,11H2,1H3. The van der Waals surface area contributed by atoms with E-state index in [-0.39, 0.29) is 6.10 Å². The Morgan fingerprint density at radius 1 is 1.17 bits per heavy atom. The van der Waals surface area contributed by atoms with Gasteiger partial charge in [-0.1, -0.05) is 0 Å². The Kier molecular flexibility index (Phi) is 6.16. The number of rotatable bonds is 6. The Hall–Kier alpha value is -3.50. The van der Waals surface area contributed by atoms with Crippen LogP contribution in [0.25, 0.3) is 11.3 Å². The lowest BCUT2D eigenvalue weighted by atomic mass is 10.1. The molecule has 4 rings (SSSR count). The van der Waals surface area contributed by atoms with Crippen molar-refractivity contribution in [3.63, 3.8) is 0 Å². The minimum absolute atomic E-state index is 0.0822. The zero-order valence-electron chi connectivity index (χ0n) is 16.7. The summed E-state index contributed by atoms with van der Waals surface area (Å²) < 4.78 is 16.6. The van der Waals surface area contributed by atoms with Gasteiger partial charge in [0, 0.05) is 37.2 Å². The van der Waals surface area contributed by atoms with Crippen LogP contribution in [0.3, 0.4) is 0 Å². The van der Waals surface area contributed by atoms with Gasteiger partial charge in [0.05, 0.1) is 37.8 Å². The van der Waals surface area contributed by atoms with Crippen molar-refractivity contribution in [1.82, 2.24) is 15.0 Å². The number of nitrogens with zero attached hydrogens (tertiary/aromatic N) is 4. The van der Waals surface area contributed by atoms with Crippen molar-refractivity contribution in [2.45, 2.75) is 25.4 Å². The van der Waals surface area contributed by atoms with Crippen LogP contribution >= 0.6 is 0 Å². The van der Waals surface area contributed by atoms with Crippen LogP contribution in [0, 0.1) is 11.3 Å². The summed E-state index contributed by atoms with van der Waals surface area (Å²) in [6.45, 7) is 1.38. The van der Waals surface area contributed by atoms with E-state index >= 15 is 0 Å². The third-order valence-corrected chi connectivity index (χ3v) is 4.93. The van der Waals surface area contributed by atoms with Crippen LogP contribution in [0.15, 0.2) is 48.9 Å². The molecule has 0 spiro atoms. The Balaban J connectivity index is 1.54. The van der Waals surface area contributed by atoms with Gasteiger partial charge in [-0.3, -0.25) is 4.98 Å². The van der Waals surface area contributed by atoms with Crippen LogP contribution in [-0.4, -0.2) is 41.4 Å². The number of hydrogen-bond donors (Lipinski definition) is 0. The molecule has 1 aliphatic heterocycles. The van der Waals surface area contributed by atoms with E-state index in [1.54, 1.807) is 25.7 Å². The molecule has 0 amide bonds. The molecule has 0 aliphatic carbocycles. The highest BCUT2D eigenvalue weighted by Crippen LogP contribution is 2.27. The van der Waals surface area contributed by atoms with E-state index < -0.39 is 0 Å². The maximum atomic E-state index is 9.61. The van der Waals surface area contributed by atoms with E-state index in [4.69, 9.17) is 14.2 Å². The zero-order valence-corrected chi connectivity index (χ0v) is 16.7. The lowest BCUT2D eigenvalue weighted by Gasteiger charge is -2.23. The number of pyridine rings is 1. The number of ether oxygens (including phenoxy) is 3. The summed E-state index contributed by atoms with van der Waals surface area (Å²) in [4.78, 5) is 13.2. The molecule has 0 N–H and O–H groups in total. The van der Waals surface area contributed by atoms with E-state index in [0.717, 1.165) is 29.7 Å². The lowest BCUT2D eigenvalue weighted by molar-refractivity contribution is 0.0254. The zero-order chi connectivity index (χ0) is 20.8. The molecule has 3 heterocycles. The van der Waals surface area contributed by atoms with Gasteiger partial charge in [0.1, 0.15) is 29.5 Å². The van der Waals surface area contributed by atoms with Gasteiger partial charge in [0.25, 0.3) is 0 Å². The van der Waals surface area contributed by atoms with Crippen LogP contribution in [0.2, 0.25) is 0 Å². The van der Waals surface area contributed by atoms with Crippen LogP contribution in [0.1, 0.15) is 29.8 Å². The summed E-state index contributed by atoms with van der Waals surface area (Å²) in [6, 6.07) is 11.6. The van der Waals surface area contributed by atoms with Gasteiger partial charge in [-0.05, 0) is 35.9 Å². The molecule has 1 fully saturated rings. The summed E-state index contributed by atoms with van der Waals surface area (Å²) in [5, 5.41) is 9.61. The SMILES string of the molecule is COc1cncc(Cc2nccc(-c3ccc(OC4CCOCC4)c(C#N)c3)n2)c1. The molecule has 1 saturated heterocycles. The maximum absolute atomic E-state index is 9.61. The second kappa shape index (κ2) is 9.33. The molecular weight excluding hydrogens is 380 g/mol. The molecule has 30 heavy (non-hydrogen) atoms. The molecule has 7 heteroatoms. The van der Waals surface area contributed by atoms with Gasteiger partial charge in [-0.2, -0.15) is 5.26 Å². The van der Waals surface area contributed by atoms with Gasteiger partial charge in [0.2, 0.25) is 0 Å². The number of nitriles is 1. The molecule has 1 aliphatic rings. The van der Waals surface area contributed by atoms with Gasteiger partial charge in [0.15, 0.2) is 0 Å². The highest BCUT2D eigenvalue weighted by Gasteiger charge is 2.17. The number of benzene rings is 1. The largest absolute Gasteiger partial charge is 0.495 e. The molecule has 0 atom stereocenters. The van der Waals surface area contributed by atoms with Crippen molar-refractivity contribution < 1.29 is 14.2 Å². The summed E-state index contributed by atoms with van der Waals surface area (Å²) in [5.41, 5.74) is 3.06. The van der Waals surface area contributed by atoms with E-state index in [9.17, 15) is 5.26 Å². The van der Waals surface area contributed by atoms with Gasteiger partial charge in [-0.15, -0.1) is 0 Å². The predicted octanol–water partition coefficient (Wildman–Crippen LogP) is 3.57. The monoisotopic (exact) mass is 402 g/mol. The van der Waals surface area contributed by atoms with Crippen LogP contribution in [0.4, 0.5) is 0 Å². The fourth-order valence-corrected chi connectivity index (χ4v) is 3.35. The predicted molar refractivity (Wildman–Crippen MR) is 110 cm³/mol. The number of methoxy groups -OCH3 is 1. The second-order valence-corrected chi connectivity index (χ2v) is 7.02. The van der Waals surface area contributed by atoms with Gasteiger partial charge >= 0.3 is 0 Å². The fraction of sp³-hybridized carbons (Fsp3) is 0.304. The minimum Gasteiger partial charge on any atom is -0.495 e. The van der Waals surface area contributed by atoms with E-state index in [1.807, 2.05) is 30.3 Å². The Morgan fingerprint density at radius 3 is 2.83 bits per heavy atom. The van der Waals surface area contributed by atoms with Crippen molar-refractivity contribution in [3.05, 3.63) is 65.9 Å². The molecule has 0 bridgehead atoms. The second-order valence-electron chi connectivity index (χ2n) is 7.02. The Bertz CT molecular complexity index is 1060. The molecule has 0 unspecified atom stereocenters. The van der Waals surface area contributed by atoms with Crippen molar-refractivity contribution >= 4 is 0 Å². The smallest absolute Gasteiger partial charge is 0.137 e. The molecule has 3 aromatic rings. The number of aromatic nitrogens is 3. The summed E-state index contributed by atoms with van der Waals surface area (Å²) in [7, 11) is 1.61. The van der Waals surface area contributed by atoms with Crippen LogP contribution < -0.4 is 9.47 Å². The molecule has 152 valence electrons. The van der Waals surface area contributed by atoms with E-state index in [2.05, 4.69) is 21.0 Å². The van der Waals surface area contributed by atoms with Crippen molar-refractivity contribution in [1.29, 1.82) is 5.26 Å². The molecule has 7 nitrogen and oxygen atoms in total. The maximum Gasteiger partial charge on any atom is 0.137 e. The fourth-order valence-electron chi connectivity index (χ4n) is 3.35. The average molecular weight is 402 g/mol. The summed E-state index contributed by atoms with van der Waals surface area (Å²) >= 11 is 0. The minimum atomic E-state index is 0.0822. The van der Waals surface area contributed by atoms with Crippen molar-refractivity contribution in [2.24, 2.45) is 0 Å². The number of hydrogen-bond acceptors (Lipinski definition) is 7. The third kappa shape index (κ3) is 4.73. The Morgan fingerprint density at radius 2 is 2.03 bits per heavy atom. The van der Waals surface area contributed by atoms with Crippen molar-refractivity contribution in [2.75, 3.05) is 20.3 Å². The van der Waals surface area contributed by atoms with Gasteiger partial charge in [-0.25, -0.2) is 9.97 Å². The highest BCUT2D eigenvalue weighted by atomic mass is 16.5. The normalized spacial score (nSPS) is 14.1. The van der Waals surface area contributed by atoms with Crippen LogP contribution in [-0.2, 0) is 11.2 Å². The highest BCUT2D eigenvalue weighted by molar-refractivity contribution is 5.64. The third-order valence-electron chi connectivity index (χ3n) is 4.93. The molecule has 0 saturated carbocycles. The molecule has 1 aromatic carbocycles. The quantitative estimate of drug-likeness (QED) is 0.622. The van der Waals surface area contributed by atoms with Gasteiger partial charge < -0.3 is 14.2 Å². The van der Waals surface area contributed by atoms with E-state index in [0.29, 0.717) is 42.5 Å². The molecule has 2 aromatic heterocycles. The molecular formula is C23H22N4O3. The first-order valence-corrected chi connectivity index (χ1v) is 9.84. The first-order chi connectivity index (χ1) is 14.7. The Labute approximate surface area is 175 Å². The summed E-state index contributed by atoms with van der Waals surface area (Å²) in [5.74, 6) is 1.97.